The monoisotopic (exact) mass is 343 g/mol. The summed E-state index contributed by atoms with van der Waals surface area (Å²) < 4.78 is 4.45. The van der Waals surface area contributed by atoms with Crippen molar-refractivity contribution in [2.45, 2.75) is 58.3 Å². The van der Waals surface area contributed by atoms with Crippen molar-refractivity contribution >= 4 is 0 Å². The fourth-order valence-electron chi connectivity index (χ4n) is 3.82. The van der Waals surface area contributed by atoms with Gasteiger partial charge < -0.3 is 9.13 Å². The summed E-state index contributed by atoms with van der Waals surface area (Å²) in [5.41, 5.74) is 0. The van der Waals surface area contributed by atoms with Gasteiger partial charge in [0.1, 0.15) is 17.5 Å². The molecule has 1 saturated heterocycles. The van der Waals surface area contributed by atoms with Crippen LogP contribution >= 0.6 is 0 Å². The molecule has 2 aromatic rings. The molecule has 4 rings (SSSR count). The molecular formula is C18H29N7. The van der Waals surface area contributed by atoms with E-state index in [1.165, 1.54) is 24.5 Å². The third-order valence-corrected chi connectivity index (χ3v) is 5.64. The second-order valence-electron chi connectivity index (χ2n) is 7.49. The van der Waals surface area contributed by atoms with Crippen LogP contribution in [0.3, 0.4) is 0 Å². The molecular weight excluding hydrogens is 314 g/mol. The highest BCUT2D eigenvalue weighted by Crippen LogP contribution is 2.38. The van der Waals surface area contributed by atoms with Crippen LogP contribution in [0.1, 0.15) is 50.1 Å². The van der Waals surface area contributed by atoms with E-state index in [4.69, 9.17) is 0 Å². The average Bonchev–Trinajstić information content (AvgIpc) is 3.24. The molecule has 136 valence electrons. The zero-order valence-electron chi connectivity index (χ0n) is 15.6. The lowest BCUT2D eigenvalue weighted by atomic mass is 10.2. The molecule has 7 nitrogen and oxygen atoms in total. The number of piperazine rings is 1. The van der Waals surface area contributed by atoms with Crippen molar-refractivity contribution < 1.29 is 0 Å². The van der Waals surface area contributed by atoms with Gasteiger partial charge in [0, 0.05) is 57.6 Å². The highest BCUT2D eigenvalue weighted by Gasteiger charge is 2.30. The predicted molar refractivity (Wildman–Crippen MR) is 96.0 cm³/mol. The quantitative estimate of drug-likeness (QED) is 0.798. The van der Waals surface area contributed by atoms with Gasteiger partial charge in [0.25, 0.3) is 0 Å². The summed E-state index contributed by atoms with van der Waals surface area (Å²) in [5.74, 6) is 4.10. The van der Waals surface area contributed by atoms with Gasteiger partial charge in [-0.25, -0.2) is 4.98 Å². The van der Waals surface area contributed by atoms with Crippen LogP contribution in [0.25, 0.3) is 0 Å². The molecule has 0 unspecified atom stereocenters. The Morgan fingerprint density at radius 1 is 1.12 bits per heavy atom. The van der Waals surface area contributed by atoms with Gasteiger partial charge in [0.2, 0.25) is 0 Å². The Morgan fingerprint density at radius 3 is 2.68 bits per heavy atom. The molecule has 1 aliphatic heterocycles. The van der Waals surface area contributed by atoms with Crippen LogP contribution in [-0.2, 0) is 26.7 Å². The maximum absolute atomic E-state index is 4.53. The van der Waals surface area contributed by atoms with E-state index in [-0.39, 0.29) is 0 Å². The van der Waals surface area contributed by atoms with E-state index in [2.05, 4.69) is 61.2 Å². The number of imidazole rings is 1. The molecule has 7 heteroatoms. The first-order valence-electron chi connectivity index (χ1n) is 9.50. The number of hydrogen-bond acceptors (Lipinski definition) is 5. The lowest BCUT2D eigenvalue weighted by molar-refractivity contribution is 0.0685. The maximum atomic E-state index is 4.53. The van der Waals surface area contributed by atoms with Gasteiger partial charge in [-0.05, 0) is 26.7 Å². The molecule has 1 aliphatic carbocycles. The van der Waals surface area contributed by atoms with Crippen molar-refractivity contribution in [3.8, 4) is 0 Å². The Kier molecular flexibility index (Phi) is 4.60. The Labute approximate surface area is 149 Å². The Balaban J connectivity index is 1.35. The van der Waals surface area contributed by atoms with Crippen LogP contribution < -0.4 is 0 Å². The molecule has 1 saturated carbocycles. The Bertz CT molecular complexity index is 715. The summed E-state index contributed by atoms with van der Waals surface area (Å²) in [7, 11) is 2.12. The number of nitrogens with zero attached hydrogens (tertiary/aromatic N) is 7. The van der Waals surface area contributed by atoms with Gasteiger partial charge in [0.15, 0.2) is 0 Å². The number of rotatable bonds is 6. The second kappa shape index (κ2) is 6.88. The SMILES string of the molecule is CCn1ccnc1CN1CCN(Cc2nnc(C3CC3)n2C)C[C@@H]1C. The van der Waals surface area contributed by atoms with Crippen molar-refractivity contribution in [3.05, 3.63) is 29.9 Å². The van der Waals surface area contributed by atoms with Gasteiger partial charge in [0.05, 0.1) is 13.1 Å². The summed E-state index contributed by atoms with van der Waals surface area (Å²) >= 11 is 0. The topological polar surface area (TPSA) is 55.0 Å². The number of aryl methyl sites for hydroxylation is 1. The summed E-state index contributed by atoms with van der Waals surface area (Å²) in [6, 6.07) is 0.520. The molecule has 1 atom stereocenters. The third-order valence-electron chi connectivity index (χ3n) is 5.64. The minimum Gasteiger partial charge on any atom is -0.334 e. The van der Waals surface area contributed by atoms with E-state index in [9.17, 15) is 0 Å². The van der Waals surface area contributed by atoms with Crippen LogP contribution in [0.4, 0.5) is 0 Å². The second-order valence-corrected chi connectivity index (χ2v) is 7.49. The molecule has 25 heavy (non-hydrogen) atoms. The van der Waals surface area contributed by atoms with Gasteiger partial charge in [-0.1, -0.05) is 0 Å². The van der Waals surface area contributed by atoms with E-state index in [1.807, 2.05) is 6.20 Å². The summed E-state index contributed by atoms with van der Waals surface area (Å²) in [5, 5.41) is 8.85. The number of hydrogen-bond donors (Lipinski definition) is 0. The smallest absolute Gasteiger partial charge is 0.146 e. The fraction of sp³-hybridized carbons (Fsp3) is 0.722. The lowest BCUT2D eigenvalue weighted by Crippen LogP contribution is -2.51. The Hall–Kier alpha value is -1.73. The third kappa shape index (κ3) is 3.48. The van der Waals surface area contributed by atoms with E-state index in [0.29, 0.717) is 12.0 Å². The van der Waals surface area contributed by atoms with Crippen molar-refractivity contribution in [2.24, 2.45) is 7.05 Å². The molecule has 0 aromatic carbocycles. The van der Waals surface area contributed by atoms with Gasteiger partial charge in [-0.3, -0.25) is 9.80 Å². The fourth-order valence-corrected chi connectivity index (χ4v) is 3.82. The van der Waals surface area contributed by atoms with Gasteiger partial charge in [-0.15, -0.1) is 10.2 Å². The van der Waals surface area contributed by atoms with E-state index < -0.39 is 0 Å². The lowest BCUT2D eigenvalue weighted by Gasteiger charge is -2.39. The van der Waals surface area contributed by atoms with Crippen molar-refractivity contribution in [1.82, 2.24) is 34.1 Å². The molecule has 2 aliphatic rings. The van der Waals surface area contributed by atoms with Crippen LogP contribution in [0.5, 0.6) is 0 Å². The molecule has 2 aromatic heterocycles. The highest BCUT2D eigenvalue weighted by molar-refractivity contribution is 5.08. The molecule has 0 bridgehead atoms. The molecule has 0 spiro atoms. The first kappa shape index (κ1) is 16.7. The van der Waals surface area contributed by atoms with Crippen LogP contribution in [-0.4, -0.2) is 59.8 Å². The predicted octanol–water partition coefficient (Wildman–Crippen LogP) is 1.62. The average molecular weight is 343 g/mol. The van der Waals surface area contributed by atoms with E-state index in [0.717, 1.165) is 45.1 Å². The zero-order chi connectivity index (χ0) is 17.4. The van der Waals surface area contributed by atoms with Crippen molar-refractivity contribution in [3.63, 3.8) is 0 Å². The first-order chi connectivity index (χ1) is 12.2. The highest BCUT2D eigenvalue weighted by atomic mass is 15.3. The minimum atomic E-state index is 0.520. The molecule has 0 amide bonds. The standard InChI is InChI=1S/C18H29N7/c1-4-24-8-7-19-16(24)13-25-10-9-23(11-14(25)2)12-17-20-21-18(22(17)3)15-5-6-15/h7-8,14-15H,4-6,9-13H2,1-3H3/t14-/m0/s1. The molecule has 2 fully saturated rings. The minimum absolute atomic E-state index is 0.520. The van der Waals surface area contributed by atoms with Gasteiger partial charge >= 0.3 is 0 Å². The van der Waals surface area contributed by atoms with Gasteiger partial charge in [-0.2, -0.15) is 0 Å². The summed E-state index contributed by atoms with van der Waals surface area (Å²) in [4.78, 5) is 9.57. The van der Waals surface area contributed by atoms with Crippen LogP contribution in [0, 0.1) is 0 Å². The molecule has 0 N–H and O–H groups in total. The van der Waals surface area contributed by atoms with E-state index in [1.54, 1.807) is 0 Å². The normalized spacial score (nSPS) is 22.6. The van der Waals surface area contributed by atoms with Crippen molar-refractivity contribution in [2.75, 3.05) is 19.6 Å². The molecule has 3 heterocycles. The number of aromatic nitrogens is 5. The first-order valence-corrected chi connectivity index (χ1v) is 9.50. The Morgan fingerprint density at radius 2 is 1.96 bits per heavy atom. The summed E-state index contributed by atoms with van der Waals surface area (Å²) in [6.45, 7) is 10.5. The van der Waals surface area contributed by atoms with E-state index >= 15 is 0 Å². The molecule has 0 radical (unpaired) electrons. The van der Waals surface area contributed by atoms with Crippen LogP contribution in [0.15, 0.2) is 12.4 Å². The maximum Gasteiger partial charge on any atom is 0.146 e. The largest absolute Gasteiger partial charge is 0.334 e. The zero-order valence-corrected chi connectivity index (χ0v) is 15.6. The van der Waals surface area contributed by atoms with Crippen molar-refractivity contribution in [1.29, 1.82) is 0 Å². The van der Waals surface area contributed by atoms with Crippen LogP contribution in [0.2, 0.25) is 0 Å². The summed E-state index contributed by atoms with van der Waals surface area (Å²) in [6.07, 6.45) is 6.53.